The van der Waals surface area contributed by atoms with E-state index in [0.717, 1.165) is 19.3 Å². The minimum absolute atomic E-state index is 0.0677. The fourth-order valence-corrected chi connectivity index (χ4v) is 4.90. The van der Waals surface area contributed by atoms with Gasteiger partial charge in [-0.25, -0.2) is 8.42 Å². The van der Waals surface area contributed by atoms with Gasteiger partial charge in [-0.15, -0.1) is 0 Å². The summed E-state index contributed by atoms with van der Waals surface area (Å²) in [4.78, 5) is 11.6. The molecule has 0 aromatic heterocycles. The zero-order chi connectivity index (χ0) is 14.9. The fraction of sp³-hybridized carbons (Fsp3) is 0.923. The summed E-state index contributed by atoms with van der Waals surface area (Å²) in [5, 5.41) is 9.49. The highest BCUT2D eigenvalue weighted by atomic mass is 32.2. The molecule has 112 valence electrons. The van der Waals surface area contributed by atoms with Crippen molar-refractivity contribution in [3.05, 3.63) is 0 Å². The van der Waals surface area contributed by atoms with Crippen LogP contribution in [0.2, 0.25) is 0 Å². The molecule has 0 aromatic carbocycles. The molecule has 0 amide bonds. The second kappa shape index (κ2) is 5.40. The molecule has 1 aliphatic carbocycles. The van der Waals surface area contributed by atoms with Crippen LogP contribution in [0.15, 0.2) is 0 Å². The highest BCUT2D eigenvalue weighted by Crippen LogP contribution is 2.35. The quantitative estimate of drug-likeness (QED) is 0.829. The van der Waals surface area contributed by atoms with E-state index in [4.69, 9.17) is 0 Å². The molecular weight excluding hydrogens is 266 g/mol. The normalized spacial score (nSPS) is 29.2. The Morgan fingerprint density at radius 2 is 1.95 bits per heavy atom. The van der Waals surface area contributed by atoms with E-state index in [1.807, 2.05) is 27.7 Å². The Morgan fingerprint density at radius 1 is 1.37 bits per heavy atom. The molecule has 2 atom stereocenters. The number of carboxylic acid groups (broad SMARTS) is 1. The standard InChI is InChI=1S/C13H25NO4S/c1-10-7-5-6-8-13(10,11(15)16)14-19(17,18)9-12(2,3)4/h10,14H,5-9H2,1-4H3,(H,15,16). The van der Waals surface area contributed by atoms with Crippen molar-refractivity contribution >= 4 is 16.0 Å². The van der Waals surface area contributed by atoms with Crippen molar-refractivity contribution in [3.8, 4) is 0 Å². The molecule has 0 saturated heterocycles. The predicted octanol–water partition coefficient (Wildman–Crippen LogP) is 1.99. The molecular formula is C13H25NO4S. The van der Waals surface area contributed by atoms with Gasteiger partial charge < -0.3 is 5.11 Å². The van der Waals surface area contributed by atoms with E-state index in [-0.39, 0.29) is 11.7 Å². The molecule has 2 unspecified atom stereocenters. The number of aliphatic carboxylic acids is 1. The molecule has 0 spiro atoms. The predicted molar refractivity (Wildman–Crippen MR) is 74.4 cm³/mol. The first-order valence-electron chi connectivity index (χ1n) is 6.74. The Morgan fingerprint density at radius 3 is 2.37 bits per heavy atom. The third kappa shape index (κ3) is 4.18. The number of hydrogen-bond donors (Lipinski definition) is 2. The van der Waals surface area contributed by atoms with Gasteiger partial charge in [-0.05, 0) is 24.2 Å². The number of carboxylic acids is 1. The van der Waals surface area contributed by atoms with Gasteiger partial charge in [0.2, 0.25) is 10.0 Å². The highest BCUT2D eigenvalue weighted by molar-refractivity contribution is 7.89. The molecule has 0 heterocycles. The summed E-state index contributed by atoms with van der Waals surface area (Å²) in [5.74, 6) is -1.31. The topological polar surface area (TPSA) is 83.5 Å². The van der Waals surface area contributed by atoms with Crippen molar-refractivity contribution in [2.24, 2.45) is 11.3 Å². The van der Waals surface area contributed by atoms with Crippen LogP contribution in [0.25, 0.3) is 0 Å². The van der Waals surface area contributed by atoms with Crippen LogP contribution in [0.1, 0.15) is 53.4 Å². The van der Waals surface area contributed by atoms with Crippen molar-refractivity contribution in [1.82, 2.24) is 4.72 Å². The third-order valence-electron chi connectivity index (χ3n) is 3.64. The number of carbonyl (C=O) groups is 1. The van der Waals surface area contributed by atoms with Gasteiger partial charge in [0.05, 0.1) is 5.75 Å². The minimum atomic E-state index is -3.61. The van der Waals surface area contributed by atoms with Crippen molar-refractivity contribution in [2.45, 2.75) is 58.9 Å². The van der Waals surface area contributed by atoms with Crippen LogP contribution in [0.3, 0.4) is 0 Å². The second-order valence-corrected chi connectivity index (χ2v) is 8.57. The van der Waals surface area contributed by atoms with Crippen LogP contribution in [-0.2, 0) is 14.8 Å². The van der Waals surface area contributed by atoms with Crippen molar-refractivity contribution in [1.29, 1.82) is 0 Å². The van der Waals surface area contributed by atoms with Crippen LogP contribution < -0.4 is 4.72 Å². The van der Waals surface area contributed by atoms with Crippen LogP contribution in [0, 0.1) is 11.3 Å². The molecule has 2 N–H and O–H groups in total. The van der Waals surface area contributed by atoms with E-state index in [9.17, 15) is 18.3 Å². The first kappa shape index (κ1) is 16.4. The molecule has 0 radical (unpaired) electrons. The average Bonchev–Trinajstić information content (AvgIpc) is 2.17. The molecule has 0 bridgehead atoms. The summed E-state index contributed by atoms with van der Waals surface area (Å²) in [5.41, 5.74) is -1.73. The van der Waals surface area contributed by atoms with E-state index in [1.54, 1.807) is 0 Å². The van der Waals surface area contributed by atoms with Gasteiger partial charge in [0, 0.05) is 0 Å². The van der Waals surface area contributed by atoms with Crippen molar-refractivity contribution < 1.29 is 18.3 Å². The van der Waals surface area contributed by atoms with E-state index in [0.29, 0.717) is 6.42 Å². The third-order valence-corrected chi connectivity index (χ3v) is 5.56. The summed E-state index contributed by atoms with van der Waals surface area (Å²) in [6.45, 7) is 7.28. The van der Waals surface area contributed by atoms with Crippen LogP contribution in [0.4, 0.5) is 0 Å². The minimum Gasteiger partial charge on any atom is -0.480 e. The maximum absolute atomic E-state index is 12.2. The van der Waals surface area contributed by atoms with Gasteiger partial charge in [0.1, 0.15) is 5.54 Å². The maximum Gasteiger partial charge on any atom is 0.325 e. The molecule has 6 heteroatoms. The van der Waals surface area contributed by atoms with E-state index in [2.05, 4.69) is 4.72 Å². The van der Waals surface area contributed by atoms with Gasteiger partial charge in [-0.2, -0.15) is 4.72 Å². The largest absolute Gasteiger partial charge is 0.480 e. The Balaban J connectivity index is 3.00. The first-order valence-corrected chi connectivity index (χ1v) is 8.39. The lowest BCUT2D eigenvalue weighted by molar-refractivity contribution is -0.147. The van der Waals surface area contributed by atoms with Crippen LogP contribution in [-0.4, -0.2) is 30.8 Å². The lowest BCUT2D eigenvalue weighted by Crippen LogP contribution is -2.60. The van der Waals surface area contributed by atoms with Crippen molar-refractivity contribution in [3.63, 3.8) is 0 Å². The van der Waals surface area contributed by atoms with Crippen molar-refractivity contribution in [2.75, 3.05) is 5.75 Å². The summed E-state index contributed by atoms with van der Waals surface area (Å²) in [6.07, 6.45) is 2.81. The smallest absolute Gasteiger partial charge is 0.325 e. The van der Waals surface area contributed by atoms with Crippen LogP contribution in [0.5, 0.6) is 0 Å². The van der Waals surface area contributed by atoms with Gasteiger partial charge in [0.25, 0.3) is 0 Å². The summed E-state index contributed by atoms with van der Waals surface area (Å²) in [7, 11) is -3.61. The molecule has 5 nitrogen and oxygen atoms in total. The molecule has 19 heavy (non-hydrogen) atoms. The number of nitrogens with one attached hydrogen (secondary N) is 1. The van der Waals surface area contributed by atoms with Gasteiger partial charge in [-0.1, -0.05) is 40.5 Å². The summed E-state index contributed by atoms with van der Waals surface area (Å²) < 4.78 is 26.9. The van der Waals surface area contributed by atoms with E-state index in [1.165, 1.54) is 0 Å². The average molecular weight is 291 g/mol. The van der Waals surface area contributed by atoms with Crippen LogP contribution >= 0.6 is 0 Å². The Bertz CT molecular complexity index is 438. The zero-order valence-electron chi connectivity index (χ0n) is 12.2. The Labute approximate surface area is 115 Å². The molecule has 0 aromatic rings. The molecule has 1 fully saturated rings. The molecule has 1 rings (SSSR count). The summed E-state index contributed by atoms with van der Waals surface area (Å²) >= 11 is 0. The summed E-state index contributed by atoms with van der Waals surface area (Å²) in [6, 6.07) is 0. The highest BCUT2D eigenvalue weighted by Gasteiger charge is 2.48. The van der Waals surface area contributed by atoms with Gasteiger partial charge in [0.15, 0.2) is 0 Å². The van der Waals surface area contributed by atoms with E-state index < -0.39 is 26.9 Å². The second-order valence-electron chi connectivity index (χ2n) is 6.85. The number of rotatable bonds is 4. The molecule has 1 aliphatic rings. The fourth-order valence-electron chi connectivity index (χ4n) is 2.74. The molecule has 1 saturated carbocycles. The Kier molecular flexibility index (Phi) is 4.67. The first-order chi connectivity index (χ1) is 8.49. The van der Waals surface area contributed by atoms with Gasteiger partial charge >= 0.3 is 5.97 Å². The monoisotopic (exact) mass is 291 g/mol. The lowest BCUT2D eigenvalue weighted by atomic mass is 9.74. The zero-order valence-corrected chi connectivity index (χ0v) is 13.0. The number of sulfonamides is 1. The van der Waals surface area contributed by atoms with E-state index >= 15 is 0 Å². The number of hydrogen-bond acceptors (Lipinski definition) is 3. The SMILES string of the molecule is CC1CCCCC1(NS(=O)(=O)CC(C)(C)C)C(=O)O. The maximum atomic E-state index is 12.2. The Hall–Kier alpha value is -0.620. The van der Waals surface area contributed by atoms with Gasteiger partial charge in [-0.3, -0.25) is 4.79 Å². The lowest BCUT2D eigenvalue weighted by Gasteiger charge is -2.39. The molecule has 0 aliphatic heterocycles.